The molecule has 1 N–H and O–H groups in total. The molecule has 0 saturated heterocycles. The molecule has 0 aromatic carbocycles. The van der Waals surface area contributed by atoms with Crippen LogP contribution in [0.15, 0.2) is 11.6 Å². The molecular weight excluding hydrogens is 112 g/mol. The van der Waals surface area contributed by atoms with Gasteiger partial charge in [-0.05, 0) is 33.1 Å². The highest BCUT2D eigenvalue weighted by Crippen LogP contribution is 2.29. The number of hydrogen-bond donors (Lipinski definition) is 1. The van der Waals surface area contributed by atoms with Crippen molar-refractivity contribution in [3.8, 4) is 0 Å². The third kappa shape index (κ3) is 3.31. The molecule has 1 fully saturated rings. The molecule has 0 aromatic rings. The van der Waals surface area contributed by atoms with Gasteiger partial charge in [-0.2, -0.15) is 0 Å². The summed E-state index contributed by atoms with van der Waals surface area (Å²) >= 11 is 0. The van der Waals surface area contributed by atoms with Crippen molar-refractivity contribution in [1.82, 2.24) is 0 Å². The van der Waals surface area contributed by atoms with Crippen molar-refractivity contribution in [2.45, 2.75) is 38.7 Å². The standard InChI is InChI=1S/C8H14O/c1-8(2,9)6-5-7-3-4-7/h5,9H,3-4,6H2,1-2H3. The fourth-order valence-corrected chi connectivity index (χ4v) is 0.670. The summed E-state index contributed by atoms with van der Waals surface area (Å²) < 4.78 is 0. The smallest absolute Gasteiger partial charge is 0.0626 e. The van der Waals surface area contributed by atoms with E-state index in [1.807, 2.05) is 13.8 Å². The maximum absolute atomic E-state index is 9.25. The number of aliphatic hydroxyl groups is 1. The number of rotatable bonds is 2. The van der Waals surface area contributed by atoms with Crippen LogP contribution < -0.4 is 0 Å². The van der Waals surface area contributed by atoms with E-state index in [-0.39, 0.29) is 0 Å². The van der Waals surface area contributed by atoms with Crippen LogP contribution in [0.1, 0.15) is 33.1 Å². The van der Waals surface area contributed by atoms with Crippen LogP contribution >= 0.6 is 0 Å². The first kappa shape index (κ1) is 6.81. The molecule has 1 rings (SSSR count). The highest BCUT2D eigenvalue weighted by Gasteiger charge is 2.14. The van der Waals surface area contributed by atoms with Gasteiger partial charge in [0.25, 0.3) is 0 Å². The van der Waals surface area contributed by atoms with E-state index in [1.54, 1.807) is 0 Å². The Labute approximate surface area is 56.4 Å². The largest absolute Gasteiger partial charge is 0.390 e. The monoisotopic (exact) mass is 126 g/mol. The maximum Gasteiger partial charge on any atom is 0.0626 e. The number of hydrogen-bond acceptors (Lipinski definition) is 1. The predicted octanol–water partition coefficient (Wildman–Crippen LogP) is 1.87. The van der Waals surface area contributed by atoms with Gasteiger partial charge in [0.1, 0.15) is 0 Å². The van der Waals surface area contributed by atoms with Gasteiger partial charge in [0.2, 0.25) is 0 Å². The SMILES string of the molecule is CC(C)(O)CC=C1CC1. The van der Waals surface area contributed by atoms with Crippen molar-refractivity contribution in [2.24, 2.45) is 0 Å². The van der Waals surface area contributed by atoms with Crippen LogP contribution in [-0.2, 0) is 0 Å². The van der Waals surface area contributed by atoms with E-state index in [2.05, 4.69) is 6.08 Å². The first-order valence-corrected chi connectivity index (χ1v) is 3.48. The van der Waals surface area contributed by atoms with Gasteiger partial charge < -0.3 is 5.11 Å². The van der Waals surface area contributed by atoms with Crippen molar-refractivity contribution in [3.05, 3.63) is 11.6 Å². The summed E-state index contributed by atoms with van der Waals surface area (Å²) in [6.45, 7) is 3.68. The van der Waals surface area contributed by atoms with E-state index < -0.39 is 5.60 Å². The fourth-order valence-electron chi connectivity index (χ4n) is 0.670. The lowest BCUT2D eigenvalue weighted by Crippen LogP contribution is -2.16. The summed E-state index contributed by atoms with van der Waals surface area (Å²) in [6.07, 6.45) is 5.48. The second kappa shape index (κ2) is 2.14. The van der Waals surface area contributed by atoms with Gasteiger partial charge in [0.15, 0.2) is 0 Å². The van der Waals surface area contributed by atoms with Crippen LogP contribution in [0, 0.1) is 0 Å². The van der Waals surface area contributed by atoms with E-state index in [0.717, 1.165) is 6.42 Å². The Morgan fingerprint density at radius 3 is 2.44 bits per heavy atom. The van der Waals surface area contributed by atoms with Crippen molar-refractivity contribution < 1.29 is 5.11 Å². The van der Waals surface area contributed by atoms with Crippen LogP contribution in [0.5, 0.6) is 0 Å². The highest BCUT2D eigenvalue weighted by atomic mass is 16.3. The van der Waals surface area contributed by atoms with Gasteiger partial charge in [-0.1, -0.05) is 11.6 Å². The molecule has 0 aromatic heterocycles. The molecule has 0 heterocycles. The van der Waals surface area contributed by atoms with Crippen molar-refractivity contribution >= 4 is 0 Å². The van der Waals surface area contributed by atoms with E-state index in [0.29, 0.717) is 0 Å². The summed E-state index contributed by atoms with van der Waals surface area (Å²) in [7, 11) is 0. The molecule has 0 aliphatic heterocycles. The van der Waals surface area contributed by atoms with Crippen molar-refractivity contribution in [3.63, 3.8) is 0 Å². The highest BCUT2D eigenvalue weighted by molar-refractivity contribution is 5.16. The summed E-state index contributed by atoms with van der Waals surface area (Å²) in [5.74, 6) is 0. The molecule has 0 bridgehead atoms. The summed E-state index contributed by atoms with van der Waals surface area (Å²) in [6, 6.07) is 0. The van der Waals surface area contributed by atoms with Gasteiger partial charge in [-0.3, -0.25) is 0 Å². The molecule has 1 aliphatic rings. The lowest BCUT2D eigenvalue weighted by molar-refractivity contribution is 0.0838. The molecular formula is C8H14O. The first-order valence-electron chi connectivity index (χ1n) is 3.48. The molecule has 0 radical (unpaired) electrons. The molecule has 0 unspecified atom stereocenters. The second-order valence-corrected chi connectivity index (χ2v) is 3.38. The lowest BCUT2D eigenvalue weighted by Gasteiger charge is -2.12. The van der Waals surface area contributed by atoms with E-state index >= 15 is 0 Å². The minimum Gasteiger partial charge on any atom is -0.390 e. The molecule has 1 heteroatoms. The van der Waals surface area contributed by atoms with Gasteiger partial charge in [-0.15, -0.1) is 0 Å². The van der Waals surface area contributed by atoms with E-state index in [4.69, 9.17) is 0 Å². The van der Waals surface area contributed by atoms with Gasteiger partial charge in [-0.25, -0.2) is 0 Å². The Bertz CT molecular complexity index is 122. The van der Waals surface area contributed by atoms with Gasteiger partial charge in [0, 0.05) is 0 Å². The zero-order valence-electron chi connectivity index (χ0n) is 6.15. The average molecular weight is 126 g/mol. The second-order valence-electron chi connectivity index (χ2n) is 3.38. The molecule has 1 aliphatic carbocycles. The Morgan fingerprint density at radius 2 is 2.11 bits per heavy atom. The Kier molecular flexibility index (Phi) is 1.62. The van der Waals surface area contributed by atoms with Crippen LogP contribution in [0.2, 0.25) is 0 Å². The lowest BCUT2D eigenvalue weighted by atomic mass is 10.1. The molecule has 1 saturated carbocycles. The molecule has 0 spiro atoms. The predicted molar refractivity (Wildman–Crippen MR) is 38.2 cm³/mol. The molecule has 52 valence electrons. The summed E-state index contributed by atoms with van der Waals surface area (Å²) in [5, 5.41) is 9.25. The maximum atomic E-state index is 9.25. The molecule has 9 heavy (non-hydrogen) atoms. The van der Waals surface area contributed by atoms with Crippen LogP contribution in [0.3, 0.4) is 0 Å². The minimum absolute atomic E-state index is 0.504. The number of allylic oxidation sites excluding steroid dienone is 1. The van der Waals surface area contributed by atoms with Crippen molar-refractivity contribution in [1.29, 1.82) is 0 Å². The van der Waals surface area contributed by atoms with Gasteiger partial charge in [0.05, 0.1) is 5.60 Å². The molecule has 0 atom stereocenters. The normalized spacial score (nSPS) is 17.9. The quantitative estimate of drug-likeness (QED) is 0.560. The fraction of sp³-hybridized carbons (Fsp3) is 0.750. The van der Waals surface area contributed by atoms with E-state index in [9.17, 15) is 5.11 Å². The Balaban J connectivity index is 2.25. The van der Waals surface area contributed by atoms with Crippen LogP contribution in [0.25, 0.3) is 0 Å². The zero-order valence-corrected chi connectivity index (χ0v) is 6.15. The average Bonchev–Trinajstić information content (AvgIpc) is 2.38. The van der Waals surface area contributed by atoms with Crippen LogP contribution in [-0.4, -0.2) is 10.7 Å². The summed E-state index contributed by atoms with van der Waals surface area (Å²) in [5.41, 5.74) is 1.01. The third-order valence-electron chi connectivity index (χ3n) is 1.43. The van der Waals surface area contributed by atoms with Crippen molar-refractivity contribution in [2.75, 3.05) is 0 Å². The van der Waals surface area contributed by atoms with Gasteiger partial charge >= 0.3 is 0 Å². The Hall–Kier alpha value is -0.300. The Morgan fingerprint density at radius 1 is 1.56 bits per heavy atom. The third-order valence-corrected chi connectivity index (χ3v) is 1.43. The molecule has 0 amide bonds. The topological polar surface area (TPSA) is 20.2 Å². The minimum atomic E-state index is -0.504. The van der Waals surface area contributed by atoms with Crippen LogP contribution in [0.4, 0.5) is 0 Å². The first-order chi connectivity index (χ1) is 4.08. The zero-order chi connectivity index (χ0) is 6.91. The summed E-state index contributed by atoms with van der Waals surface area (Å²) in [4.78, 5) is 0. The molecule has 1 nitrogen and oxygen atoms in total. The van der Waals surface area contributed by atoms with E-state index in [1.165, 1.54) is 18.4 Å².